The summed E-state index contributed by atoms with van der Waals surface area (Å²) in [6.07, 6.45) is 11.7. The van der Waals surface area contributed by atoms with Gasteiger partial charge >= 0.3 is 0 Å². The number of imidazole rings is 1. The molecule has 3 aliphatic rings. The minimum atomic E-state index is -0.0315. The molecule has 0 radical (unpaired) electrons. The van der Waals surface area contributed by atoms with Crippen LogP contribution >= 0.6 is 0 Å². The molecule has 0 N–H and O–H groups in total. The van der Waals surface area contributed by atoms with Crippen LogP contribution < -0.4 is 4.90 Å². The molecule has 2 aliphatic heterocycles. The van der Waals surface area contributed by atoms with Gasteiger partial charge in [0.2, 0.25) is 5.91 Å². The maximum atomic E-state index is 13.4. The number of likely N-dealkylation sites (tertiary alicyclic amines) is 1. The summed E-state index contributed by atoms with van der Waals surface area (Å²) in [4.78, 5) is 32.5. The number of piperidine rings is 1. The topological polar surface area (TPSA) is 67.2 Å². The van der Waals surface area contributed by atoms with E-state index in [2.05, 4.69) is 30.7 Å². The number of hydrogen-bond acceptors (Lipinski definition) is 5. The molecule has 1 saturated heterocycles. The first kappa shape index (κ1) is 21.4. The molecular formula is C25H36N6O. The molecule has 2 aromatic rings. The monoisotopic (exact) mass is 436 g/mol. The van der Waals surface area contributed by atoms with Gasteiger partial charge in [-0.05, 0) is 57.8 Å². The molecule has 172 valence electrons. The number of carbonyl (C=O) groups excluding carboxylic acids is 1. The van der Waals surface area contributed by atoms with Crippen LogP contribution in [0.25, 0.3) is 0 Å². The summed E-state index contributed by atoms with van der Waals surface area (Å²) in [7, 11) is 0. The van der Waals surface area contributed by atoms with Gasteiger partial charge in [0, 0.05) is 49.2 Å². The molecule has 0 aromatic carbocycles. The van der Waals surface area contributed by atoms with Gasteiger partial charge in [0.05, 0.1) is 6.04 Å². The fraction of sp³-hybridized carbons (Fsp3) is 0.680. The molecule has 0 bridgehead atoms. The van der Waals surface area contributed by atoms with Gasteiger partial charge in [-0.25, -0.2) is 15.0 Å². The van der Waals surface area contributed by atoms with E-state index in [9.17, 15) is 4.79 Å². The molecule has 32 heavy (non-hydrogen) atoms. The molecule has 1 atom stereocenters. The van der Waals surface area contributed by atoms with Gasteiger partial charge in [-0.3, -0.25) is 4.79 Å². The van der Waals surface area contributed by atoms with E-state index in [1.165, 1.54) is 24.8 Å². The number of anilines is 1. The third-order valence-electron chi connectivity index (χ3n) is 7.23. The van der Waals surface area contributed by atoms with Crippen molar-refractivity contribution >= 4 is 11.7 Å². The maximum Gasteiger partial charge on any atom is 0.243 e. The predicted molar refractivity (Wildman–Crippen MR) is 125 cm³/mol. The predicted octanol–water partition coefficient (Wildman–Crippen LogP) is 4.02. The fourth-order valence-corrected chi connectivity index (χ4v) is 5.34. The number of carbonyl (C=O) groups is 1. The van der Waals surface area contributed by atoms with Gasteiger partial charge in [0.15, 0.2) is 5.82 Å². The van der Waals surface area contributed by atoms with Gasteiger partial charge in [0.1, 0.15) is 18.2 Å². The highest BCUT2D eigenvalue weighted by Gasteiger charge is 2.33. The standard InChI is InChI=1S/C25H36N6O/c1-17(2)24-26-11-14-30(24)16-22(32)31-13-5-4-8-21(31)23-27-18(3)20-7-6-12-29(25(20)28-23)15-19-9-10-19/h11,14,17,19,21H,4-10,12-13,15-16H2,1-3H3. The Kier molecular flexibility index (Phi) is 5.91. The summed E-state index contributed by atoms with van der Waals surface area (Å²) in [5, 5.41) is 0. The van der Waals surface area contributed by atoms with E-state index in [0.29, 0.717) is 12.5 Å². The van der Waals surface area contributed by atoms with Crippen LogP contribution in [0.5, 0.6) is 0 Å². The number of nitrogens with zero attached hydrogens (tertiary/aromatic N) is 6. The normalized spacial score (nSPS) is 21.2. The average molecular weight is 437 g/mol. The van der Waals surface area contributed by atoms with Crippen LogP contribution in [-0.2, 0) is 17.8 Å². The van der Waals surface area contributed by atoms with Crippen LogP contribution in [0.3, 0.4) is 0 Å². The van der Waals surface area contributed by atoms with E-state index in [0.717, 1.165) is 74.4 Å². The summed E-state index contributed by atoms with van der Waals surface area (Å²) in [6.45, 7) is 9.68. The molecule has 0 spiro atoms. The van der Waals surface area contributed by atoms with E-state index < -0.39 is 0 Å². The zero-order valence-electron chi connectivity index (χ0n) is 19.8. The largest absolute Gasteiger partial charge is 0.356 e. The second-order valence-corrected chi connectivity index (χ2v) is 10.1. The highest BCUT2D eigenvalue weighted by molar-refractivity contribution is 5.76. The van der Waals surface area contributed by atoms with E-state index in [1.807, 2.05) is 15.7 Å². The van der Waals surface area contributed by atoms with Crippen LogP contribution in [0, 0.1) is 12.8 Å². The van der Waals surface area contributed by atoms with Gasteiger partial charge in [0.25, 0.3) is 0 Å². The zero-order chi connectivity index (χ0) is 22.2. The van der Waals surface area contributed by atoms with Crippen molar-refractivity contribution in [2.45, 2.75) is 84.2 Å². The third kappa shape index (κ3) is 4.26. The van der Waals surface area contributed by atoms with Gasteiger partial charge in [-0.1, -0.05) is 13.8 Å². The number of hydrogen-bond donors (Lipinski definition) is 0. The second-order valence-electron chi connectivity index (χ2n) is 10.1. The minimum absolute atomic E-state index is 0.0315. The lowest BCUT2D eigenvalue weighted by atomic mass is 9.99. The van der Waals surface area contributed by atoms with Crippen molar-refractivity contribution in [1.29, 1.82) is 0 Å². The van der Waals surface area contributed by atoms with E-state index >= 15 is 0 Å². The Morgan fingerprint density at radius 2 is 1.97 bits per heavy atom. The number of amides is 1. The Morgan fingerprint density at radius 1 is 1.12 bits per heavy atom. The lowest BCUT2D eigenvalue weighted by Gasteiger charge is -2.37. The molecule has 7 nitrogen and oxygen atoms in total. The first-order chi connectivity index (χ1) is 15.5. The van der Waals surface area contributed by atoms with Crippen LogP contribution in [0.1, 0.15) is 87.2 Å². The maximum absolute atomic E-state index is 13.4. The molecule has 1 aliphatic carbocycles. The van der Waals surface area contributed by atoms with Crippen LogP contribution in [0.15, 0.2) is 12.4 Å². The molecule has 1 amide bonds. The number of rotatable bonds is 6. The van der Waals surface area contributed by atoms with Crippen LogP contribution in [-0.4, -0.2) is 50.0 Å². The highest BCUT2D eigenvalue weighted by atomic mass is 16.2. The van der Waals surface area contributed by atoms with Crippen molar-refractivity contribution < 1.29 is 4.79 Å². The number of fused-ring (bicyclic) bond motifs is 1. The van der Waals surface area contributed by atoms with Crippen molar-refractivity contribution in [3.63, 3.8) is 0 Å². The van der Waals surface area contributed by atoms with Gasteiger partial charge in [-0.2, -0.15) is 0 Å². The first-order valence-electron chi connectivity index (χ1n) is 12.4. The Balaban J connectivity index is 1.41. The summed E-state index contributed by atoms with van der Waals surface area (Å²) in [5.41, 5.74) is 2.41. The molecule has 5 rings (SSSR count). The average Bonchev–Trinajstić information content (AvgIpc) is 3.48. The molecule has 1 unspecified atom stereocenters. The number of aromatic nitrogens is 4. The smallest absolute Gasteiger partial charge is 0.243 e. The van der Waals surface area contributed by atoms with E-state index in [4.69, 9.17) is 9.97 Å². The summed E-state index contributed by atoms with van der Waals surface area (Å²) < 4.78 is 2.00. The van der Waals surface area contributed by atoms with E-state index in [-0.39, 0.29) is 11.9 Å². The number of aryl methyl sites for hydroxylation is 1. The Labute approximate surface area is 191 Å². The Hall–Kier alpha value is -2.44. The van der Waals surface area contributed by atoms with Crippen LogP contribution in [0.4, 0.5) is 5.82 Å². The van der Waals surface area contributed by atoms with Crippen molar-refractivity contribution in [1.82, 2.24) is 24.4 Å². The van der Waals surface area contributed by atoms with Crippen molar-refractivity contribution in [3.05, 3.63) is 35.3 Å². The van der Waals surface area contributed by atoms with Crippen molar-refractivity contribution in [3.8, 4) is 0 Å². The summed E-state index contributed by atoms with van der Waals surface area (Å²) in [6, 6.07) is -0.0315. The summed E-state index contributed by atoms with van der Waals surface area (Å²) in [5.74, 6) is 4.20. The molecule has 4 heterocycles. The Bertz CT molecular complexity index is 979. The third-order valence-corrected chi connectivity index (χ3v) is 7.23. The van der Waals surface area contributed by atoms with Crippen molar-refractivity contribution in [2.75, 3.05) is 24.5 Å². The zero-order valence-corrected chi connectivity index (χ0v) is 19.8. The second kappa shape index (κ2) is 8.83. The fourth-order valence-electron chi connectivity index (χ4n) is 5.34. The molecule has 7 heteroatoms. The lowest BCUT2D eigenvalue weighted by molar-refractivity contribution is -0.136. The highest BCUT2D eigenvalue weighted by Crippen LogP contribution is 2.36. The quantitative estimate of drug-likeness (QED) is 0.684. The van der Waals surface area contributed by atoms with Crippen molar-refractivity contribution in [2.24, 2.45) is 5.92 Å². The van der Waals surface area contributed by atoms with Crippen LogP contribution in [0.2, 0.25) is 0 Å². The minimum Gasteiger partial charge on any atom is -0.356 e. The molecule has 1 saturated carbocycles. The first-order valence-corrected chi connectivity index (χ1v) is 12.4. The van der Waals surface area contributed by atoms with Gasteiger partial charge < -0.3 is 14.4 Å². The molecule has 2 aromatic heterocycles. The molecular weight excluding hydrogens is 400 g/mol. The Morgan fingerprint density at radius 3 is 2.75 bits per heavy atom. The van der Waals surface area contributed by atoms with Gasteiger partial charge in [-0.15, -0.1) is 0 Å². The van der Waals surface area contributed by atoms with E-state index in [1.54, 1.807) is 6.20 Å². The summed E-state index contributed by atoms with van der Waals surface area (Å²) >= 11 is 0. The lowest BCUT2D eigenvalue weighted by Crippen LogP contribution is -2.42. The SMILES string of the molecule is Cc1nc(C2CCCCN2C(=O)Cn2ccnc2C(C)C)nc2c1CCCN2CC1CC1. The molecule has 2 fully saturated rings.